The highest BCUT2D eigenvalue weighted by atomic mass is 16.5. The van der Waals surface area contributed by atoms with Crippen LogP contribution in [0.4, 0.5) is 0 Å². The molecular weight excluding hydrogens is 376 g/mol. The molecule has 4 nitrogen and oxygen atoms in total. The van der Waals surface area contributed by atoms with Gasteiger partial charge in [0, 0.05) is 0 Å². The average Bonchev–Trinajstić information content (AvgIpc) is 2.81. The molecule has 0 aliphatic heterocycles. The fourth-order valence-electron chi connectivity index (χ4n) is 3.10. The van der Waals surface area contributed by atoms with E-state index in [1.54, 1.807) is 28.4 Å². The molecule has 0 unspecified atom stereocenters. The van der Waals surface area contributed by atoms with Gasteiger partial charge in [-0.2, -0.15) is 0 Å². The van der Waals surface area contributed by atoms with Crippen molar-refractivity contribution in [3.63, 3.8) is 0 Å². The summed E-state index contributed by atoms with van der Waals surface area (Å²) in [4.78, 5) is 0. The quantitative estimate of drug-likeness (QED) is 0.429. The van der Waals surface area contributed by atoms with Crippen LogP contribution in [0.15, 0.2) is 60.7 Å². The maximum Gasteiger partial charge on any atom is 0.161 e. The molecule has 30 heavy (non-hydrogen) atoms. The Kier molecular flexibility index (Phi) is 7.17. The molecule has 0 atom stereocenters. The van der Waals surface area contributed by atoms with Crippen molar-refractivity contribution >= 4 is 24.3 Å². The number of rotatable bonds is 8. The first-order valence-electron chi connectivity index (χ1n) is 9.57. The molecular formula is C26H26O4. The summed E-state index contributed by atoms with van der Waals surface area (Å²) < 4.78 is 21.4. The predicted octanol–water partition coefficient (Wildman–Crippen LogP) is 6.06. The van der Waals surface area contributed by atoms with E-state index in [9.17, 15) is 0 Å². The minimum absolute atomic E-state index is 0.710. The fraction of sp³-hybridized carbons (Fsp3) is 0.154. The summed E-state index contributed by atoms with van der Waals surface area (Å²) in [6.07, 6.45) is 8.31. The van der Waals surface area contributed by atoms with Crippen molar-refractivity contribution in [3.8, 4) is 23.0 Å². The van der Waals surface area contributed by atoms with Gasteiger partial charge in [-0.25, -0.2) is 0 Å². The summed E-state index contributed by atoms with van der Waals surface area (Å²) in [5.41, 5.74) is 4.30. The van der Waals surface area contributed by atoms with Crippen LogP contribution in [0.3, 0.4) is 0 Å². The van der Waals surface area contributed by atoms with Crippen LogP contribution in [-0.2, 0) is 0 Å². The van der Waals surface area contributed by atoms with Gasteiger partial charge in [0.2, 0.25) is 0 Å². The van der Waals surface area contributed by atoms with Crippen LogP contribution in [0.25, 0.3) is 24.3 Å². The maximum atomic E-state index is 5.39. The van der Waals surface area contributed by atoms with Crippen molar-refractivity contribution in [1.29, 1.82) is 0 Å². The van der Waals surface area contributed by atoms with Crippen LogP contribution in [-0.4, -0.2) is 28.4 Å². The van der Waals surface area contributed by atoms with Gasteiger partial charge in [0.05, 0.1) is 28.4 Å². The Balaban J connectivity index is 1.84. The molecule has 0 radical (unpaired) electrons. The molecule has 3 aromatic carbocycles. The lowest BCUT2D eigenvalue weighted by Gasteiger charge is -2.08. The van der Waals surface area contributed by atoms with Gasteiger partial charge in [-0.1, -0.05) is 60.7 Å². The summed E-state index contributed by atoms with van der Waals surface area (Å²) in [6, 6.07) is 20.0. The Bertz CT molecular complexity index is 966. The van der Waals surface area contributed by atoms with Gasteiger partial charge in [0.1, 0.15) is 0 Å². The molecule has 0 aromatic heterocycles. The van der Waals surface area contributed by atoms with E-state index >= 15 is 0 Å². The average molecular weight is 402 g/mol. The predicted molar refractivity (Wildman–Crippen MR) is 123 cm³/mol. The van der Waals surface area contributed by atoms with Gasteiger partial charge >= 0.3 is 0 Å². The first-order chi connectivity index (χ1) is 14.7. The Morgan fingerprint density at radius 1 is 0.467 bits per heavy atom. The third-order valence-corrected chi connectivity index (χ3v) is 4.72. The van der Waals surface area contributed by atoms with E-state index in [2.05, 4.69) is 36.4 Å². The van der Waals surface area contributed by atoms with Crippen LogP contribution in [0, 0.1) is 0 Å². The van der Waals surface area contributed by atoms with Gasteiger partial charge < -0.3 is 18.9 Å². The van der Waals surface area contributed by atoms with E-state index in [0.717, 1.165) is 22.3 Å². The molecule has 0 saturated heterocycles. The summed E-state index contributed by atoms with van der Waals surface area (Å²) in [5, 5.41) is 0. The summed E-state index contributed by atoms with van der Waals surface area (Å²) in [5.74, 6) is 2.85. The molecule has 0 spiro atoms. The van der Waals surface area contributed by atoms with Gasteiger partial charge in [0.25, 0.3) is 0 Å². The molecule has 3 rings (SSSR count). The second-order valence-electron chi connectivity index (χ2n) is 6.52. The smallest absolute Gasteiger partial charge is 0.161 e. The molecule has 4 heteroatoms. The highest BCUT2D eigenvalue weighted by Gasteiger charge is 2.04. The lowest BCUT2D eigenvalue weighted by molar-refractivity contribution is 0.355. The van der Waals surface area contributed by atoms with Crippen LogP contribution in [0.2, 0.25) is 0 Å². The molecule has 0 amide bonds. The van der Waals surface area contributed by atoms with E-state index < -0.39 is 0 Å². The zero-order valence-corrected chi connectivity index (χ0v) is 17.7. The summed E-state index contributed by atoms with van der Waals surface area (Å²) in [7, 11) is 6.54. The SMILES string of the molecule is COc1ccc(C=Cc2ccccc2C=Cc2ccc(OC)c(OC)c2)cc1OC. The van der Waals surface area contributed by atoms with Crippen molar-refractivity contribution in [2.75, 3.05) is 28.4 Å². The van der Waals surface area contributed by atoms with Crippen molar-refractivity contribution in [3.05, 3.63) is 82.9 Å². The Hall–Kier alpha value is -3.66. The van der Waals surface area contributed by atoms with Crippen molar-refractivity contribution in [2.24, 2.45) is 0 Å². The van der Waals surface area contributed by atoms with Crippen molar-refractivity contribution < 1.29 is 18.9 Å². The number of hydrogen-bond acceptors (Lipinski definition) is 4. The molecule has 0 fully saturated rings. The number of hydrogen-bond donors (Lipinski definition) is 0. The highest BCUT2D eigenvalue weighted by molar-refractivity contribution is 5.80. The van der Waals surface area contributed by atoms with Crippen LogP contribution in [0.5, 0.6) is 23.0 Å². The second-order valence-corrected chi connectivity index (χ2v) is 6.52. The summed E-state index contributed by atoms with van der Waals surface area (Å²) in [6.45, 7) is 0. The molecule has 0 bridgehead atoms. The van der Waals surface area contributed by atoms with Crippen LogP contribution < -0.4 is 18.9 Å². The number of methoxy groups -OCH3 is 4. The van der Waals surface area contributed by atoms with Crippen molar-refractivity contribution in [2.45, 2.75) is 0 Å². The first-order valence-corrected chi connectivity index (χ1v) is 9.57. The van der Waals surface area contributed by atoms with E-state index in [1.807, 2.05) is 48.5 Å². The van der Waals surface area contributed by atoms with E-state index in [0.29, 0.717) is 23.0 Å². The third-order valence-electron chi connectivity index (χ3n) is 4.72. The zero-order valence-electron chi connectivity index (χ0n) is 17.7. The zero-order chi connectivity index (χ0) is 21.3. The largest absolute Gasteiger partial charge is 0.493 e. The Labute approximate surface area is 178 Å². The molecule has 0 aliphatic carbocycles. The topological polar surface area (TPSA) is 36.9 Å². The summed E-state index contributed by atoms with van der Waals surface area (Å²) >= 11 is 0. The standard InChI is InChI=1S/C26H26O4/c1-27-23-15-11-19(17-25(23)29-3)9-13-21-7-5-6-8-22(21)14-10-20-12-16-24(28-2)26(18-20)30-4/h5-18H,1-4H3. The van der Waals surface area contributed by atoms with Crippen molar-refractivity contribution in [1.82, 2.24) is 0 Å². The monoisotopic (exact) mass is 402 g/mol. The normalized spacial score (nSPS) is 11.1. The molecule has 154 valence electrons. The third kappa shape index (κ3) is 5.03. The van der Waals surface area contributed by atoms with Crippen LogP contribution >= 0.6 is 0 Å². The minimum atomic E-state index is 0.710. The second kappa shape index (κ2) is 10.2. The van der Waals surface area contributed by atoms with Gasteiger partial charge in [0.15, 0.2) is 23.0 Å². The lowest BCUT2D eigenvalue weighted by atomic mass is 10.0. The Morgan fingerprint density at radius 3 is 1.23 bits per heavy atom. The first kappa shape index (κ1) is 21.1. The van der Waals surface area contributed by atoms with E-state index in [4.69, 9.17) is 18.9 Å². The fourth-order valence-corrected chi connectivity index (χ4v) is 3.10. The van der Waals surface area contributed by atoms with Gasteiger partial charge in [-0.05, 0) is 46.5 Å². The molecule has 0 heterocycles. The molecule has 0 N–H and O–H groups in total. The maximum absolute atomic E-state index is 5.39. The number of ether oxygens (including phenoxy) is 4. The minimum Gasteiger partial charge on any atom is -0.493 e. The number of benzene rings is 3. The van der Waals surface area contributed by atoms with Gasteiger partial charge in [-0.3, -0.25) is 0 Å². The molecule has 0 aliphatic rings. The molecule has 0 saturated carbocycles. The van der Waals surface area contributed by atoms with E-state index in [-0.39, 0.29) is 0 Å². The highest BCUT2D eigenvalue weighted by Crippen LogP contribution is 2.29. The van der Waals surface area contributed by atoms with Gasteiger partial charge in [-0.15, -0.1) is 0 Å². The molecule has 3 aromatic rings. The van der Waals surface area contributed by atoms with Crippen LogP contribution in [0.1, 0.15) is 22.3 Å². The van der Waals surface area contributed by atoms with E-state index in [1.165, 1.54) is 0 Å². The Morgan fingerprint density at radius 2 is 0.867 bits per heavy atom. The lowest BCUT2D eigenvalue weighted by Crippen LogP contribution is -1.90.